The Morgan fingerprint density at radius 3 is 2.78 bits per heavy atom. The number of nitrogens with one attached hydrogen (secondary N) is 1. The van der Waals surface area contributed by atoms with E-state index in [2.05, 4.69) is 24.8 Å². The summed E-state index contributed by atoms with van der Waals surface area (Å²) in [6.45, 7) is 0.394. The third kappa shape index (κ3) is 3.78. The highest BCUT2D eigenvalue weighted by molar-refractivity contribution is 7.11. The van der Waals surface area contributed by atoms with Gasteiger partial charge >= 0.3 is 0 Å². The van der Waals surface area contributed by atoms with Gasteiger partial charge in [0, 0.05) is 43.2 Å². The predicted molar refractivity (Wildman–Crippen MR) is 104 cm³/mol. The fourth-order valence-electron chi connectivity index (χ4n) is 2.52. The van der Waals surface area contributed by atoms with Crippen molar-refractivity contribution in [2.75, 3.05) is 6.54 Å². The average molecular weight is 419 g/mol. The Morgan fingerprint density at radius 2 is 2.04 bits per heavy atom. The molecule has 0 radical (unpaired) electrons. The van der Waals surface area contributed by atoms with Gasteiger partial charge in [-0.1, -0.05) is 23.2 Å². The summed E-state index contributed by atoms with van der Waals surface area (Å²) < 4.78 is 5.96. The molecule has 4 aromatic rings. The van der Waals surface area contributed by atoms with Crippen LogP contribution in [-0.4, -0.2) is 36.4 Å². The van der Waals surface area contributed by atoms with Crippen LogP contribution in [0.1, 0.15) is 16.2 Å². The van der Waals surface area contributed by atoms with E-state index in [1.54, 1.807) is 16.9 Å². The Kier molecular flexibility index (Phi) is 5.02. The number of carbonyl (C=O) groups excluding carboxylic acids is 1. The maximum atomic E-state index is 12.1. The maximum Gasteiger partial charge on any atom is 0.272 e. The Morgan fingerprint density at radius 1 is 1.22 bits per heavy atom. The van der Waals surface area contributed by atoms with Crippen molar-refractivity contribution in [2.45, 2.75) is 6.42 Å². The standard InChI is InChI=1S/C17H12Cl2N6OS/c18-14-15(24-27-16(14)19)17(26)21-7-3-11-9-13-22-12(4-8-25(13)23-11)10-1-5-20-6-2-10/h1-2,4-6,8-9H,3,7H2,(H,21,26). The fraction of sp³-hybridized carbons (Fsp3) is 0.118. The Bertz CT molecular complexity index is 1110. The quantitative estimate of drug-likeness (QED) is 0.535. The van der Waals surface area contributed by atoms with E-state index in [0.717, 1.165) is 34.1 Å². The van der Waals surface area contributed by atoms with E-state index < -0.39 is 0 Å². The minimum Gasteiger partial charge on any atom is -0.350 e. The Labute approximate surface area is 168 Å². The molecule has 0 bridgehead atoms. The molecule has 0 aliphatic carbocycles. The van der Waals surface area contributed by atoms with Gasteiger partial charge in [0.25, 0.3) is 5.91 Å². The van der Waals surface area contributed by atoms with Crippen molar-refractivity contribution in [1.29, 1.82) is 0 Å². The number of pyridine rings is 1. The molecule has 10 heteroatoms. The van der Waals surface area contributed by atoms with E-state index in [9.17, 15) is 4.79 Å². The summed E-state index contributed by atoms with van der Waals surface area (Å²) >= 11 is 12.8. The van der Waals surface area contributed by atoms with Crippen LogP contribution in [0.2, 0.25) is 9.36 Å². The molecule has 136 valence electrons. The van der Waals surface area contributed by atoms with E-state index in [0.29, 0.717) is 17.3 Å². The number of hydrogen-bond donors (Lipinski definition) is 1. The molecule has 0 unspecified atom stereocenters. The summed E-state index contributed by atoms with van der Waals surface area (Å²) in [5, 5.41) is 7.42. The van der Waals surface area contributed by atoms with Crippen LogP contribution in [-0.2, 0) is 6.42 Å². The second-order valence-corrected chi connectivity index (χ2v) is 7.37. The van der Waals surface area contributed by atoms with Crippen LogP contribution in [0, 0.1) is 0 Å². The van der Waals surface area contributed by atoms with Crippen molar-refractivity contribution in [1.82, 2.24) is 29.3 Å². The molecule has 1 N–H and O–H groups in total. The molecule has 0 saturated heterocycles. The van der Waals surface area contributed by atoms with Crippen molar-refractivity contribution >= 4 is 46.3 Å². The number of aromatic nitrogens is 5. The largest absolute Gasteiger partial charge is 0.350 e. The summed E-state index contributed by atoms with van der Waals surface area (Å²) in [6.07, 6.45) is 5.87. The van der Waals surface area contributed by atoms with Crippen LogP contribution in [0.25, 0.3) is 16.9 Å². The molecule has 0 spiro atoms. The zero-order valence-electron chi connectivity index (χ0n) is 13.8. The highest BCUT2D eigenvalue weighted by Gasteiger charge is 2.17. The summed E-state index contributed by atoms with van der Waals surface area (Å²) in [5.41, 5.74) is 3.53. The number of fused-ring (bicyclic) bond motifs is 1. The first kappa shape index (κ1) is 17.8. The molecule has 0 saturated carbocycles. The van der Waals surface area contributed by atoms with Crippen molar-refractivity contribution in [3.8, 4) is 11.3 Å². The molecule has 0 atom stereocenters. The van der Waals surface area contributed by atoms with E-state index >= 15 is 0 Å². The van der Waals surface area contributed by atoms with E-state index in [1.807, 2.05) is 30.5 Å². The monoisotopic (exact) mass is 418 g/mol. The van der Waals surface area contributed by atoms with Crippen molar-refractivity contribution in [3.05, 3.63) is 63.6 Å². The van der Waals surface area contributed by atoms with Gasteiger partial charge in [0.15, 0.2) is 11.3 Å². The number of hydrogen-bond acceptors (Lipinski definition) is 6. The van der Waals surface area contributed by atoms with Gasteiger partial charge in [-0.2, -0.15) is 9.47 Å². The summed E-state index contributed by atoms with van der Waals surface area (Å²) in [7, 11) is 0. The van der Waals surface area contributed by atoms with Crippen LogP contribution in [0.4, 0.5) is 0 Å². The van der Waals surface area contributed by atoms with Crippen molar-refractivity contribution in [3.63, 3.8) is 0 Å². The number of carbonyl (C=O) groups is 1. The lowest BCUT2D eigenvalue weighted by molar-refractivity contribution is 0.0950. The van der Waals surface area contributed by atoms with Crippen LogP contribution in [0.5, 0.6) is 0 Å². The minimum atomic E-state index is -0.356. The zero-order valence-corrected chi connectivity index (χ0v) is 16.1. The van der Waals surface area contributed by atoms with Gasteiger partial charge < -0.3 is 5.32 Å². The van der Waals surface area contributed by atoms with Crippen LogP contribution >= 0.6 is 34.7 Å². The first-order valence-corrected chi connectivity index (χ1v) is 9.49. The third-order valence-corrected chi connectivity index (χ3v) is 5.44. The van der Waals surface area contributed by atoms with E-state index in [1.165, 1.54) is 0 Å². The minimum absolute atomic E-state index is 0.144. The number of amides is 1. The first-order chi connectivity index (χ1) is 13.1. The van der Waals surface area contributed by atoms with Gasteiger partial charge in [0.1, 0.15) is 9.36 Å². The second-order valence-electron chi connectivity index (χ2n) is 5.61. The molecule has 0 aromatic carbocycles. The van der Waals surface area contributed by atoms with E-state index in [-0.39, 0.29) is 16.6 Å². The Balaban J connectivity index is 1.44. The first-order valence-electron chi connectivity index (χ1n) is 7.96. The van der Waals surface area contributed by atoms with E-state index in [4.69, 9.17) is 23.2 Å². The molecular formula is C17H12Cl2N6OS. The highest BCUT2D eigenvalue weighted by Crippen LogP contribution is 2.29. The predicted octanol–water partition coefficient (Wildman–Crippen LogP) is 3.53. The average Bonchev–Trinajstić information content (AvgIpc) is 3.24. The van der Waals surface area contributed by atoms with Crippen molar-refractivity contribution < 1.29 is 4.79 Å². The van der Waals surface area contributed by atoms with Gasteiger partial charge in [-0.3, -0.25) is 9.78 Å². The number of nitrogens with zero attached hydrogens (tertiary/aromatic N) is 5. The van der Waals surface area contributed by atoms with Crippen molar-refractivity contribution in [2.24, 2.45) is 0 Å². The maximum absolute atomic E-state index is 12.1. The summed E-state index contributed by atoms with van der Waals surface area (Å²) in [6, 6.07) is 7.60. The molecule has 7 nitrogen and oxygen atoms in total. The van der Waals surface area contributed by atoms with Crippen LogP contribution in [0.3, 0.4) is 0 Å². The Hall–Kier alpha value is -2.55. The molecule has 4 rings (SSSR count). The lowest BCUT2D eigenvalue weighted by atomic mass is 10.2. The SMILES string of the molecule is O=C(NCCc1cc2nc(-c3ccncc3)ccn2n1)c1nsc(Cl)c1Cl. The topological polar surface area (TPSA) is 85.1 Å². The van der Waals surface area contributed by atoms with Gasteiger partial charge in [0.2, 0.25) is 0 Å². The molecule has 0 fully saturated rings. The molecule has 1 amide bonds. The smallest absolute Gasteiger partial charge is 0.272 e. The lowest BCUT2D eigenvalue weighted by Gasteiger charge is -2.01. The third-order valence-electron chi connectivity index (χ3n) is 3.83. The highest BCUT2D eigenvalue weighted by atomic mass is 35.5. The zero-order chi connectivity index (χ0) is 18.8. The lowest BCUT2D eigenvalue weighted by Crippen LogP contribution is -2.26. The summed E-state index contributed by atoms with van der Waals surface area (Å²) in [4.78, 5) is 20.7. The molecule has 4 heterocycles. The van der Waals surface area contributed by atoms with Crippen LogP contribution < -0.4 is 5.32 Å². The van der Waals surface area contributed by atoms with Gasteiger partial charge in [-0.25, -0.2) is 9.50 Å². The van der Waals surface area contributed by atoms with Gasteiger partial charge in [-0.05, 0) is 29.7 Å². The van der Waals surface area contributed by atoms with Gasteiger partial charge in [-0.15, -0.1) is 0 Å². The molecular weight excluding hydrogens is 407 g/mol. The molecule has 27 heavy (non-hydrogen) atoms. The van der Waals surface area contributed by atoms with Gasteiger partial charge in [0.05, 0.1) is 11.4 Å². The molecule has 4 aromatic heterocycles. The normalized spacial score (nSPS) is 11.0. The van der Waals surface area contributed by atoms with Crippen LogP contribution in [0.15, 0.2) is 42.9 Å². The summed E-state index contributed by atoms with van der Waals surface area (Å²) in [5.74, 6) is -0.356. The number of halogens is 2. The second kappa shape index (κ2) is 7.59. The fourth-order valence-corrected chi connectivity index (χ4v) is 3.52. The molecule has 0 aliphatic rings. The molecule has 0 aliphatic heterocycles. The number of rotatable bonds is 5.